The van der Waals surface area contributed by atoms with Crippen molar-refractivity contribution in [1.82, 2.24) is 0 Å². The second-order valence-corrected chi connectivity index (χ2v) is 4.85. The van der Waals surface area contributed by atoms with Gasteiger partial charge in [-0.1, -0.05) is 15.9 Å². The number of benzene rings is 1. The molecule has 0 aliphatic carbocycles. The van der Waals surface area contributed by atoms with Crippen LogP contribution in [-0.2, 0) is 6.42 Å². The quantitative estimate of drug-likeness (QED) is 0.612. The van der Waals surface area contributed by atoms with Crippen LogP contribution in [0.15, 0.2) is 31.9 Å². The van der Waals surface area contributed by atoms with Crippen molar-refractivity contribution in [2.75, 3.05) is 5.33 Å². The average molecular weight is 350 g/mol. The molecule has 0 saturated carbocycles. The van der Waals surface area contributed by atoms with E-state index in [-0.39, 0.29) is 5.82 Å². The SMILES string of the molecule is O=c1oc2ccc(F)cc2c(CCBr)c1Br. The Morgan fingerprint density at radius 2 is 2.12 bits per heavy atom. The maximum atomic E-state index is 13.1. The topological polar surface area (TPSA) is 30.2 Å². The molecule has 1 aromatic heterocycles. The fourth-order valence-corrected chi connectivity index (χ4v) is 2.44. The molecule has 0 aliphatic heterocycles. The summed E-state index contributed by atoms with van der Waals surface area (Å²) in [5.74, 6) is -0.343. The van der Waals surface area contributed by atoms with Crippen molar-refractivity contribution < 1.29 is 8.81 Å². The van der Waals surface area contributed by atoms with Gasteiger partial charge in [0, 0.05) is 10.7 Å². The molecule has 0 amide bonds. The molecule has 1 aromatic carbocycles. The summed E-state index contributed by atoms with van der Waals surface area (Å²) in [6.45, 7) is 0. The maximum absolute atomic E-state index is 13.1. The van der Waals surface area contributed by atoms with Crippen LogP contribution in [0.1, 0.15) is 5.56 Å². The van der Waals surface area contributed by atoms with E-state index in [1.165, 1.54) is 18.2 Å². The van der Waals surface area contributed by atoms with Gasteiger partial charge in [0.25, 0.3) is 0 Å². The molecule has 5 heteroatoms. The van der Waals surface area contributed by atoms with E-state index in [1.807, 2.05) is 0 Å². The summed E-state index contributed by atoms with van der Waals surface area (Å²) in [5.41, 5.74) is 0.739. The summed E-state index contributed by atoms with van der Waals surface area (Å²) in [7, 11) is 0. The molecule has 0 atom stereocenters. The highest BCUT2D eigenvalue weighted by atomic mass is 79.9. The number of fused-ring (bicyclic) bond motifs is 1. The Hall–Kier alpha value is -0.680. The Balaban J connectivity index is 2.85. The summed E-state index contributed by atoms with van der Waals surface area (Å²) in [6, 6.07) is 4.12. The van der Waals surface area contributed by atoms with Crippen molar-refractivity contribution in [2.45, 2.75) is 6.42 Å². The monoisotopic (exact) mass is 348 g/mol. The second-order valence-electron chi connectivity index (χ2n) is 3.26. The largest absolute Gasteiger partial charge is 0.422 e. The first-order chi connectivity index (χ1) is 7.63. The van der Waals surface area contributed by atoms with Crippen LogP contribution in [0.3, 0.4) is 0 Å². The van der Waals surface area contributed by atoms with Gasteiger partial charge in [0.15, 0.2) is 0 Å². The van der Waals surface area contributed by atoms with E-state index in [1.54, 1.807) is 0 Å². The third-order valence-electron chi connectivity index (χ3n) is 2.26. The number of hydrogen-bond donors (Lipinski definition) is 0. The molecular weight excluding hydrogens is 343 g/mol. The van der Waals surface area contributed by atoms with Crippen molar-refractivity contribution in [3.8, 4) is 0 Å². The van der Waals surface area contributed by atoms with Gasteiger partial charge in [0.2, 0.25) is 0 Å². The van der Waals surface area contributed by atoms with Crippen LogP contribution in [0.25, 0.3) is 11.0 Å². The molecule has 1 heterocycles. The molecule has 16 heavy (non-hydrogen) atoms. The first-order valence-corrected chi connectivity index (χ1v) is 6.51. The van der Waals surface area contributed by atoms with Crippen molar-refractivity contribution >= 4 is 42.8 Å². The molecule has 0 radical (unpaired) electrons. The third-order valence-corrected chi connectivity index (χ3v) is 3.46. The van der Waals surface area contributed by atoms with Crippen molar-refractivity contribution in [1.29, 1.82) is 0 Å². The zero-order valence-corrected chi connectivity index (χ0v) is 11.3. The zero-order chi connectivity index (χ0) is 11.7. The van der Waals surface area contributed by atoms with Gasteiger partial charge in [0.05, 0.1) is 0 Å². The highest BCUT2D eigenvalue weighted by molar-refractivity contribution is 9.10. The van der Waals surface area contributed by atoms with Crippen LogP contribution in [0.2, 0.25) is 0 Å². The fourth-order valence-electron chi connectivity index (χ4n) is 1.55. The molecule has 84 valence electrons. The van der Waals surface area contributed by atoms with Crippen LogP contribution in [0.4, 0.5) is 4.39 Å². The molecule has 0 bridgehead atoms. The molecule has 2 aromatic rings. The van der Waals surface area contributed by atoms with Gasteiger partial charge in [0.1, 0.15) is 15.9 Å². The summed E-state index contributed by atoms with van der Waals surface area (Å²) >= 11 is 6.48. The Morgan fingerprint density at radius 1 is 1.38 bits per heavy atom. The minimum atomic E-state index is -0.435. The lowest BCUT2D eigenvalue weighted by Gasteiger charge is -2.05. The Kier molecular flexibility index (Phi) is 3.44. The molecule has 0 fully saturated rings. The number of hydrogen-bond acceptors (Lipinski definition) is 2. The molecular formula is C11H7Br2FO2. The maximum Gasteiger partial charge on any atom is 0.350 e. The summed E-state index contributed by atoms with van der Waals surface area (Å²) in [5, 5.41) is 1.33. The Bertz CT molecular complexity index is 592. The van der Waals surface area contributed by atoms with E-state index in [2.05, 4.69) is 31.9 Å². The van der Waals surface area contributed by atoms with Gasteiger partial charge in [-0.15, -0.1) is 0 Å². The Labute approximate surface area is 108 Å². The normalized spacial score (nSPS) is 10.9. The highest BCUT2D eigenvalue weighted by Crippen LogP contribution is 2.25. The molecule has 0 saturated heterocycles. The van der Waals surface area contributed by atoms with Crippen molar-refractivity contribution in [3.63, 3.8) is 0 Å². The van der Waals surface area contributed by atoms with E-state index in [4.69, 9.17) is 4.42 Å². The van der Waals surface area contributed by atoms with E-state index in [0.29, 0.717) is 27.2 Å². The predicted octanol–water partition coefficient (Wildman–Crippen LogP) is 3.63. The smallest absolute Gasteiger partial charge is 0.350 e. The van der Waals surface area contributed by atoms with Crippen LogP contribution in [0, 0.1) is 5.82 Å². The molecule has 2 nitrogen and oxygen atoms in total. The summed E-state index contributed by atoms with van der Waals surface area (Å²) in [6.07, 6.45) is 0.631. The number of rotatable bonds is 2. The lowest BCUT2D eigenvalue weighted by Crippen LogP contribution is -2.05. The van der Waals surface area contributed by atoms with Crippen LogP contribution >= 0.6 is 31.9 Å². The number of alkyl halides is 1. The third kappa shape index (κ3) is 2.06. The van der Waals surface area contributed by atoms with E-state index in [9.17, 15) is 9.18 Å². The fraction of sp³-hybridized carbons (Fsp3) is 0.182. The van der Waals surface area contributed by atoms with E-state index in [0.717, 1.165) is 5.56 Å². The molecule has 0 unspecified atom stereocenters. The van der Waals surface area contributed by atoms with Gasteiger partial charge in [-0.2, -0.15) is 0 Å². The molecule has 2 rings (SSSR count). The average Bonchev–Trinajstić information content (AvgIpc) is 2.26. The zero-order valence-electron chi connectivity index (χ0n) is 8.10. The van der Waals surface area contributed by atoms with Gasteiger partial charge < -0.3 is 4.42 Å². The highest BCUT2D eigenvalue weighted by Gasteiger charge is 2.12. The van der Waals surface area contributed by atoms with Gasteiger partial charge in [-0.3, -0.25) is 0 Å². The second kappa shape index (κ2) is 4.67. The predicted molar refractivity (Wildman–Crippen MR) is 67.6 cm³/mol. The van der Waals surface area contributed by atoms with Crippen molar-refractivity contribution in [2.24, 2.45) is 0 Å². The first-order valence-electron chi connectivity index (χ1n) is 4.60. The minimum absolute atomic E-state index is 0.343. The van der Waals surface area contributed by atoms with Gasteiger partial charge in [-0.05, 0) is 46.1 Å². The standard InChI is InChI=1S/C11H7Br2FO2/c12-4-3-7-8-5-6(14)1-2-9(8)16-11(15)10(7)13/h1-2,5H,3-4H2. The summed E-state index contributed by atoms with van der Waals surface area (Å²) in [4.78, 5) is 11.5. The first kappa shape index (κ1) is 11.8. The molecule has 0 aliphatic rings. The lowest BCUT2D eigenvalue weighted by molar-refractivity contribution is 0.552. The van der Waals surface area contributed by atoms with Crippen LogP contribution < -0.4 is 5.63 Å². The van der Waals surface area contributed by atoms with Crippen LogP contribution in [0.5, 0.6) is 0 Å². The van der Waals surface area contributed by atoms with E-state index < -0.39 is 5.63 Å². The Morgan fingerprint density at radius 3 is 2.81 bits per heavy atom. The minimum Gasteiger partial charge on any atom is -0.422 e. The van der Waals surface area contributed by atoms with Gasteiger partial charge in [-0.25, -0.2) is 9.18 Å². The van der Waals surface area contributed by atoms with Gasteiger partial charge >= 0.3 is 5.63 Å². The number of aryl methyl sites for hydroxylation is 1. The number of halogens is 3. The lowest BCUT2D eigenvalue weighted by atomic mass is 10.1. The summed E-state index contributed by atoms with van der Waals surface area (Å²) < 4.78 is 18.6. The van der Waals surface area contributed by atoms with E-state index >= 15 is 0 Å². The molecule has 0 N–H and O–H groups in total. The molecule has 0 spiro atoms. The van der Waals surface area contributed by atoms with Crippen LogP contribution in [-0.4, -0.2) is 5.33 Å². The van der Waals surface area contributed by atoms with Crippen molar-refractivity contribution in [3.05, 3.63) is 44.5 Å².